The summed E-state index contributed by atoms with van der Waals surface area (Å²) in [6.45, 7) is 2.07. The van der Waals surface area contributed by atoms with Crippen molar-refractivity contribution in [3.8, 4) is 0 Å². The van der Waals surface area contributed by atoms with Gasteiger partial charge in [-0.1, -0.05) is 24.8 Å². The molecule has 2 aromatic heterocycles. The Hall–Kier alpha value is -1.14. The number of rotatable bonds is 5. The number of anilines is 1. The lowest BCUT2D eigenvalue weighted by Crippen LogP contribution is -1.96. The number of aromatic nitrogens is 3. The van der Waals surface area contributed by atoms with E-state index in [1.165, 1.54) is 17.1 Å². The summed E-state index contributed by atoms with van der Waals surface area (Å²) in [6, 6.07) is 4.03. The number of nitrogens with one attached hydrogen (secondary N) is 1. The van der Waals surface area contributed by atoms with E-state index in [0.29, 0.717) is 0 Å². The molecule has 0 saturated carbocycles. The van der Waals surface area contributed by atoms with E-state index in [0.717, 1.165) is 28.2 Å². The van der Waals surface area contributed by atoms with E-state index < -0.39 is 0 Å². The van der Waals surface area contributed by atoms with Gasteiger partial charge in [0.25, 0.3) is 0 Å². The highest BCUT2D eigenvalue weighted by atomic mass is 32.2. The zero-order chi connectivity index (χ0) is 12.1. The third-order valence-corrected chi connectivity index (χ3v) is 4.17. The number of pyridine rings is 1. The summed E-state index contributed by atoms with van der Waals surface area (Å²) in [6.07, 6.45) is 2.69. The van der Waals surface area contributed by atoms with E-state index in [1.807, 2.05) is 13.1 Å². The van der Waals surface area contributed by atoms with Crippen molar-refractivity contribution in [2.24, 2.45) is 0 Å². The summed E-state index contributed by atoms with van der Waals surface area (Å²) < 4.78 is 5.29. The van der Waals surface area contributed by atoms with E-state index in [4.69, 9.17) is 0 Å². The first-order valence-electron chi connectivity index (χ1n) is 5.40. The number of thioether (sulfide) groups is 1. The largest absolute Gasteiger partial charge is 0.373 e. The highest BCUT2D eigenvalue weighted by Crippen LogP contribution is 2.26. The van der Waals surface area contributed by atoms with Crippen molar-refractivity contribution in [3.05, 3.63) is 29.7 Å². The smallest absolute Gasteiger partial charge is 0.170 e. The fourth-order valence-corrected chi connectivity index (χ4v) is 3.04. The minimum Gasteiger partial charge on any atom is -0.373 e. The summed E-state index contributed by atoms with van der Waals surface area (Å²) in [5, 5.41) is 3.09. The van der Waals surface area contributed by atoms with Crippen molar-refractivity contribution in [2.75, 3.05) is 12.4 Å². The van der Waals surface area contributed by atoms with Gasteiger partial charge in [0.05, 0.1) is 0 Å². The number of hydrogen-bond donors (Lipinski definition) is 1. The lowest BCUT2D eigenvalue weighted by Gasteiger charge is -2.05. The van der Waals surface area contributed by atoms with Crippen LogP contribution in [0.3, 0.4) is 0 Å². The maximum atomic E-state index is 4.43. The van der Waals surface area contributed by atoms with Gasteiger partial charge in [-0.3, -0.25) is 0 Å². The van der Waals surface area contributed by atoms with Gasteiger partial charge >= 0.3 is 0 Å². The molecule has 17 heavy (non-hydrogen) atoms. The van der Waals surface area contributed by atoms with Gasteiger partial charge in [0.15, 0.2) is 4.34 Å². The molecule has 0 saturated heterocycles. The number of hydrogen-bond acceptors (Lipinski definition) is 6. The molecule has 0 radical (unpaired) electrons. The van der Waals surface area contributed by atoms with Crippen LogP contribution in [0.5, 0.6) is 0 Å². The molecule has 1 N–H and O–H groups in total. The van der Waals surface area contributed by atoms with Crippen molar-refractivity contribution in [2.45, 2.75) is 23.4 Å². The second-order valence-corrected chi connectivity index (χ2v) is 5.35. The zero-order valence-corrected chi connectivity index (χ0v) is 11.4. The van der Waals surface area contributed by atoms with Crippen molar-refractivity contribution in [1.82, 2.24) is 14.3 Å². The average molecular weight is 266 g/mol. The predicted octanol–water partition coefficient (Wildman–Crippen LogP) is 2.83. The zero-order valence-electron chi connectivity index (χ0n) is 9.80. The SMILES string of the molecule is CCc1nsc(SCc2cccnc2NC)n1. The van der Waals surface area contributed by atoms with Gasteiger partial charge in [-0.15, -0.1) is 0 Å². The highest BCUT2D eigenvalue weighted by Gasteiger charge is 2.06. The Morgan fingerprint density at radius 2 is 2.35 bits per heavy atom. The molecule has 0 amide bonds. The third-order valence-electron chi connectivity index (χ3n) is 2.24. The molecule has 0 aromatic carbocycles. The molecule has 6 heteroatoms. The van der Waals surface area contributed by atoms with Crippen LogP contribution < -0.4 is 5.32 Å². The summed E-state index contributed by atoms with van der Waals surface area (Å²) in [5.74, 6) is 2.72. The second kappa shape index (κ2) is 5.97. The Bertz CT molecular complexity index is 484. The molecule has 2 heterocycles. The maximum absolute atomic E-state index is 4.43. The maximum Gasteiger partial charge on any atom is 0.170 e. The molecule has 0 aliphatic carbocycles. The molecule has 0 bridgehead atoms. The molecular formula is C11H14N4S2. The summed E-state index contributed by atoms with van der Waals surface area (Å²) in [7, 11) is 1.89. The number of aryl methyl sites for hydroxylation is 1. The van der Waals surface area contributed by atoms with Crippen LogP contribution in [-0.2, 0) is 12.2 Å². The lowest BCUT2D eigenvalue weighted by atomic mass is 10.3. The van der Waals surface area contributed by atoms with Crippen LogP contribution in [0.1, 0.15) is 18.3 Å². The summed E-state index contributed by atoms with van der Waals surface area (Å²) in [4.78, 5) is 8.70. The first-order valence-corrected chi connectivity index (χ1v) is 7.16. The Morgan fingerprint density at radius 1 is 1.47 bits per heavy atom. The Balaban J connectivity index is 2.01. The molecule has 0 spiro atoms. The van der Waals surface area contributed by atoms with Crippen molar-refractivity contribution < 1.29 is 0 Å². The number of nitrogens with zero attached hydrogens (tertiary/aromatic N) is 3. The Kier molecular flexibility index (Phi) is 4.33. The van der Waals surface area contributed by atoms with Gasteiger partial charge in [-0.25, -0.2) is 9.97 Å². The minimum atomic E-state index is 0.863. The van der Waals surface area contributed by atoms with E-state index in [-0.39, 0.29) is 0 Å². The van der Waals surface area contributed by atoms with Gasteiger partial charge in [-0.05, 0) is 17.6 Å². The molecule has 0 aliphatic rings. The van der Waals surface area contributed by atoms with Gasteiger partial charge in [0.2, 0.25) is 0 Å². The molecule has 4 nitrogen and oxygen atoms in total. The van der Waals surface area contributed by atoms with Crippen LogP contribution in [0.4, 0.5) is 5.82 Å². The predicted molar refractivity (Wildman–Crippen MR) is 72.6 cm³/mol. The van der Waals surface area contributed by atoms with Crippen LogP contribution >= 0.6 is 23.3 Å². The van der Waals surface area contributed by atoms with E-state index >= 15 is 0 Å². The van der Waals surface area contributed by atoms with E-state index in [2.05, 4.69) is 32.6 Å². The lowest BCUT2D eigenvalue weighted by molar-refractivity contribution is 0.971. The molecule has 90 valence electrons. The van der Waals surface area contributed by atoms with Gasteiger partial charge in [-0.2, -0.15) is 4.37 Å². The van der Waals surface area contributed by atoms with Crippen LogP contribution in [0, 0.1) is 0 Å². The minimum absolute atomic E-state index is 0.863. The molecule has 0 aliphatic heterocycles. The van der Waals surface area contributed by atoms with Gasteiger partial charge in [0, 0.05) is 31.0 Å². The Labute approximate surface area is 109 Å². The Morgan fingerprint density at radius 3 is 3.06 bits per heavy atom. The molecule has 2 aromatic rings. The fourth-order valence-electron chi connectivity index (χ4n) is 1.36. The van der Waals surface area contributed by atoms with E-state index in [1.54, 1.807) is 18.0 Å². The first kappa shape index (κ1) is 12.3. The van der Waals surface area contributed by atoms with Gasteiger partial charge < -0.3 is 5.32 Å². The van der Waals surface area contributed by atoms with Crippen LogP contribution in [0.2, 0.25) is 0 Å². The van der Waals surface area contributed by atoms with Crippen molar-refractivity contribution in [1.29, 1.82) is 0 Å². The topological polar surface area (TPSA) is 50.7 Å². The van der Waals surface area contributed by atoms with Gasteiger partial charge in [0.1, 0.15) is 11.6 Å². The molecule has 0 atom stereocenters. The highest BCUT2D eigenvalue weighted by molar-refractivity contribution is 8.00. The van der Waals surface area contributed by atoms with Crippen molar-refractivity contribution >= 4 is 29.1 Å². The average Bonchev–Trinajstić information content (AvgIpc) is 2.84. The van der Waals surface area contributed by atoms with Crippen LogP contribution in [-0.4, -0.2) is 21.4 Å². The van der Waals surface area contributed by atoms with E-state index in [9.17, 15) is 0 Å². The standard InChI is InChI=1S/C11H14N4S2/c1-3-9-14-11(17-15-9)16-7-8-5-4-6-13-10(8)12-2/h4-6H,3,7H2,1-2H3,(H,12,13). The molecule has 2 rings (SSSR count). The summed E-state index contributed by atoms with van der Waals surface area (Å²) in [5.41, 5.74) is 1.19. The second-order valence-electron chi connectivity index (χ2n) is 3.38. The quantitative estimate of drug-likeness (QED) is 0.843. The van der Waals surface area contributed by atoms with Crippen LogP contribution in [0.25, 0.3) is 0 Å². The molecule has 0 unspecified atom stereocenters. The third kappa shape index (κ3) is 3.17. The van der Waals surface area contributed by atoms with Crippen molar-refractivity contribution in [3.63, 3.8) is 0 Å². The monoisotopic (exact) mass is 266 g/mol. The first-order chi connectivity index (χ1) is 8.33. The summed E-state index contributed by atoms with van der Waals surface area (Å²) >= 11 is 3.17. The van der Waals surface area contributed by atoms with Crippen LogP contribution in [0.15, 0.2) is 22.7 Å². The fraction of sp³-hybridized carbons (Fsp3) is 0.364. The molecule has 0 fully saturated rings. The molecular weight excluding hydrogens is 252 g/mol. The normalized spacial score (nSPS) is 10.5.